The average Bonchev–Trinajstić information content (AvgIpc) is 3.12. The van der Waals surface area contributed by atoms with E-state index in [0.29, 0.717) is 11.4 Å². The normalized spacial score (nSPS) is 18.7. The van der Waals surface area contributed by atoms with Crippen LogP contribution in [0.1, 0.15) is 52.6 Å². The van der Waals surface area contributed by atoms with Gasteiger partial charge in [0.2, 0.25) is 0 Å². The zero-order valence-corrected chi connectivity index (χ0v) is 14.1. The molecule has 1 unspecified atom stereocenters. The minimum atomic E-state index is 0.0677. The highest BCUT2D eigenvalue weighted by atomic mass is 32.1. The number of hydrogen-bond donors (Lipinski definition) is 0. The van der Waals surface area contributed by atoms with Gasteiger partial charge in [-0.15, -0.1) is 5.10 Å². The molecule has 0 spiro atoms. The van der Waals surface area contributed by atoms with Crippen LogP contribution in [0.15, 0.2) is 6.07 Å². The van der Waals surface area contributed by atoms with E-state index in [2.05, 4.69) is 32.4 Å². The maximum absolute atomic E-state index is 12.7. The summed E-state index contributed by atoms with van der Waals surface area (Å²) >= 11 is 1.21. The van der Waals surface area contributed by atoms with Gasteiger partial charge in [0.25, 0.3) is 5.91 Å². The molecule has 118 valence electrons. The van der Waals surface area contributed by atoms with E-state index in [0.717, 1.165) is 42.9 Å². The molecule has 1 aliphatic rings. The predicted octanol–water partition coefficient (Wildman–Crippen LogP) is 2.39. The second-order valence-electron chi connectivity index (χ2n) is 5.82. The van der Waals surface area contributed by atoms with Crippen molar-refractivity contribution >= 4 is 17.4 Å². The lowest BCUT2D eigenvalue weighted by Gasteiger charge is -2.33. The van der Waals surface area contributed by atoms with Crippen LogP contribution in [0.5, 0.6) is 0 Å². The Morgan fingerprint density at radius 3 is 2.95 bits per heavy atom. The summed E-state index contributed by atoms with van der Waals surface area (Å²) in [5, 5.41) is 8.63. The number of hydrogen-bond acceptors (Lipinski definition) is 5. The molecule has 3 rings (SSSR count). The number of nitrogens with zero attached hydrogens (tertiary/aromatic N) is 5. The van der Waals surface area contributed by atoms with Crippen LogP contribution in [0, 0.1) is 13.8 Å². The van der Waals surface area contributed by atoms with Gasteiger partial charge < -0.3 is 4.90 Å². The highest BCUT2D eigenvalue weighted by molar-refractivity contribution is 7.08. The number of carbonyl (C=O) groups excluding carboxylic acids is 1. The second-order valence-corrected chi connectivity index (χ2v) is 6.58. The lowest BCUT2D eigenvalue weighted by atomic mass is 10.1. The summed E-state index contributed by atoms with van der Waals surface area (Å²) in [5.41, 5.74) is 3.00. The van der Waals surface area contributed by atoms with E-state index >= 15 is 0 Å². The standard InChI is InChI=1S/C15H21N5OS/c1-4-13-14(22-18-16-13)15(21)19-7-5-6-12(9-19)20-11(3)8-10(2)17-20/h8,12H,4-7,9H2,1-3H3. The number of piperidine rings is 1. The molecular formula is C15H21N5OS. The van der Waals surface area contributed by atoms with Crippen molar-refractivity contribution in [1.29, 1.82) is 0 Å². The van der Waals surface area contributed by atoms with Crippen LogP contribution in [0.4, 0.5) is 0 Å². The van der Waals surface area contributed by atoms with Gasteiger partial charge in [-0.1, -0.05) is 11.4 Å². The van der Waals surface area contributed by atoms with Crippen molar-refractivity contribution in [3.63, 3.8) is 0 Å². The second kappa shape index (κ2) is 6.16. The minimum absolute atomic E-state index is 0.0677. The highest BCUT2D eigenvalue weighted by Crippen LogP contribution is 2.25. The van der Waals surface area contributed by atoms with Crippen LogP contribution in [0.25, 0.3) is 0 Å². The third kappa shape index (κ3) is 2.77. The highest BCUT2D eigenvalue weighted by Gasteiger charge is 2.29. The Morgan fingerprint density at radius 2 is 2.27 bits per heavy atom. The Labute approximate surface area is 134 Å². The number of aromatic nitrogens is 4. The molecule has 0 aliphatic carbocycles. The number of likely N-dealkylation sites (tertiary alicyclic amines) is 1. The molecule has 3 heterocycles. The molecule has 0 radical (unpaired) electrons. The lowest BCUT2D eigenvalue weighted by molar-refractivity contribution is 0.0675. The number of amides is 1. The van der Waals surface area contributed by atoms with Gasteiger partial charge in [-0.3, -0.25) is 9.48 Å². The van der Waals surface area contributed by atoms with E-state index in [4.69, 9.17) is 0 Å². The predicted molar refractivity (Wildman–Crippen MR) is 85.2 cm³/mol. The van der Waals surface area contributed by atoms with Gasteiger partial charge in [0.1, 0.15) is 4.88 Å². The number of carbonyl (C=O) groups is 1. The molecule has 0 aromatic carbocycles. The summed E-state index contributed by atoms with van der Waals surface area (Å²) in [6.45, 7) is 7.59. The SMILES string of the molecule is CCc1nnsc1C(=O)N1CCCC(n2nc(C)cc2C)C1. The van der Waals surface area contributed by atoms with Gasteiger partial charge in [0, 0.05) is 18.8 Å². The van der Waals surface area contributed by atoms with Crippen LogP contribution >= 0.6 is 11.5 Å². The smallest absolute Gasteiger partial charge is 0.267 e. The van der Waals surface area contributed by atoms with Crippen molar-refractivity contribution in [2.24, 2.45) is 0 Å². The monoisotopic (exact) mass is 319 g/mol. The average molecular weight is 319 g/mol. The first-order valence-corrected chi connectivity index (χ1v) is 8.50. The third-order valence-electron chi connectivity index (χ3n) is 4.16. The Kier molecular flexibility index (Phi) is 4.24. The fourth-order valence-electron chi connectivity index (χ4n) is 3.10. The minimum Gasteiger partial charge on any atom is -0.336 e. The molecule has 1 atom stereocenters. The third-order valence-corrected chi connectivity index (χ3v) is 4.92. The Morgan fingerprint density at radius 1 is 1.45 bits per heavy atom. The first kappa shape index (κ1) is 15.1. The maximum atomic E-state index is 12.7. The topological polar surface area (TPSA) is 63.9 Å². The molecule has 1 aliphatic heterocycles. The molecule has 2 aromatic heterocycles. The van der Waals surface area contributed by atoms with E-state index in [-0.39, 0.29) is 11.9 Å². The molecular weight excluding hydrogens is 298 g/mol. The number of aryl methyl sites for hydroxylation is 3. The van der Waals surface area contributed by atoms with E-state index in [1.54, 1.807) is 0 Å². The van der Waals surface area contributed by atoms with Crippen LogP contribution in [-0.4, -0.2) is 43.3 Å². The first-order chi connectivity index (χ1) is 10.6. The summed E-state index contributed by atoms with van der Waals surface area (Å²) in [7, 11) is 0. The van der Waals surface area contributed by atoms with E-state index < -0.39 is 0 Å². The lowest BCUT2D eigenvalue weighted by Crippen LogP contribution is -2.41. The van der Waals surface area contributed by atoms with Crippen LogP contribution < -0.4 is 0 Å². The maximum Gasteiger partial charge on any atom is 0.267 e. The molecule has 1 amide bonds. The van der Waals surface area contributed by atoms with Gasteiger partial charge in [-0.05, 0) is 50.7 Å². The summed E-state index contributed by atoms with van der Waals surface area (Å²) < 4.78 is 6.00. The summed E-state index contributed by atoms with van der Waals surface area (Å²) in [6, 6.07) is 2.35. The van der Waals surface area contributed by atoms with Gasteiger partial charge in [0.05, 0.1) is 17.4 Å². The molecule has 1 fully saturated rings. The molecule has 0 saturated carbocycles. The summed E-state index contributed by atoms with van der Waals surface area (Å²) in [6.07, 6.45) is 2.81. The first-order valence-electron chi connectivity index (χ1n) is 7.73. The van der Waals surface area contributed by atoms with E-state index in [1.807, 2.05) is 18.7 Å². The van der Waals surface area contributed by atoms with E-state index in [1.165, 1.54) is 11.5 Å². The molecule has 1 saturated heterocycles. The largest absolute Gasteiger partial charge is 0.336 e. The number of rotatable bonds is 3. The Hall–Kier alpha value is -1.76. The van der Waals surface area contributed by atoms with Crippen molar-refractivity contribution in [2.45, 2.75) is 46.1 Å². The molecule has 22 heavy (non-hydrogen) atoms. The van der Waals surface area contributed by atoms with Crippen molar-refractivity contribution in [3.8, 4) is 0 Å². The van der Waals surface area contributed by atoms with E-state index in [9.17, 15) is 4.79 Å². The molecule has 7 heteroatoms. The van der Waals surface area contributed by atoms with Crippen LogP contribution in [-0.2, 0) is 6.42 Å². The molecule has 2 aromatic rings. The Bertz CT molecular complexity index is 677. The van der Waals surface area contributed by atoms with Gasteiger partial charge in [-0.2, -0.15) is 5.10 Å². The van der Waals surface area contributed by atoms with Crippen molar-refractivity contribution < 1.29 is 4.79 Å². The fraction of sp³-hybridized carbons (Fsp3) is 0.600. The van der Waals surface area contributed by atoms with Crippen molar-refractivity contribution in [3.05, 3.63) is 28.0 Å². The summed E-state index contributed by atoms with van der Waals surface area (Å²) in [4.78, 5) is 15.4. The van der Waals surface area contributed by atoms with Crippen molar-refractivity contribution in [2.75, 3.05) is 13.1 Å². The van der Waals surface area contributed by atoms with Crippen LogP contribution in [0.3, 0.4) is 0 Å². The summed E-state index contributed by atoms with van der Waals surface area (Å²) in [5.74, 6) is 0.0677. The quantitative estimate of drug-likeness (QED) is 0.871. The van der Waals surface area contributed by atoms with Gasteiger partial charge >= 0.3 is 0 Å². The van der Waals surface area contributed by atoms with Gasteiger partial charge in [0.15, 0.2) is 0 Å². The molecule has 0 bridgehead atoms. The fourth-order valence-corrected chi connectivity index (χ4v) is 3.82. The molecule has 6 nitrogen and oxygen atoms in total. The molecule has 0 N–H and O–H groups in total. The van der Waals surface area contributed by atoms with Crippen LogP contribution in [0.2, 0.25) is 0 Å². The van der Waals surface area contributed by atoms with Gasteiger partial charge in [-0.25, -0.2) is 0 Å². The zero-order chi connectivity index (χ0) is 15.7. The zero-order valence-electron chi connectivity index (χ0n) is 13.2. The Balaban J connectivity index is 1.78. The van der Waals surface area contributed by atoms with Crippen molar-refractivity contribution in [1.82, 2.24) is 24.3 Å².